The summed E-state index contributed by atoms with van der Waals surface area (Å²) in [5.74, 6) is 0.443. The van der Waals surface area contributed by atoms with E-state index in [1.165, 1.54) is 6.07 Å². The number of halogens is 2. The molecular formula is C13H18BrFN2O. The first-order valence-electron chi connectivity index (χ1n) is 6.14. The summed E-state index contributed by atoms with van der Waals surface area (Å²) in [6.07, 6.45) is 0. The van der Waals surface area contributed by atoms with Crippen molar-refractivity contribution in [3.63, 3.8) is 0 Å². The van der Waals surface area contributed by atoms with Crippen LogP contribution in [0.25, 0.3) is 0 Å². The van der Waals surface area contributed by atoms with Gasteiger partial charge in [0.15, 0.2) is 0 Å². The fourth-order valence-corrected chi connectivity index (χ4v) is 2.29. The fraction of sp³-hybridized carbons (Fsp3) is 0.538. The molecule has 0 aliphatic carbocycles. The molecular weight excluding hydrogens is 299 g/mol. The SMILES string of the molecule is CN1CCN(CCOc2ccc(F)c(Br)c2)CC1. The second-order valence-electron chi connectivity index (χ2n) is 4.57. The van der Waals surface area contributed by atoms with Crippen molar-refractivity contribution in [2.75, 3.05) is 46.4 Å². The van der Waals surface area contributed by atoms with Gasteiger partial charge in [0.05, 0.1) is 4.47 Å². The number of ether oxygens (including phenoxy) is 1. The lowest BCUT2D eigenvalue weighted by molar-refractivity contribution is 0.133. The Morgan fingerprint density at radius 1 is 1.28 bits per heavy atom. The summed E-state index contributed by atoms with van der Waals surface area (Å²) < 4.78 is 19.1. The molecule has 18 heavy (non-hydrogen) atoms. The molecule has 5 heteroatoms. The van der Waals surface area contributed by atoms with E-state index in [4.69, 9.17) is 4.74 Å². The van der Waals surface area contributed by atoms with Crippen LogP contribution < -0.4 is 4.74 Å². The standard InChI is InChI=1S/C13H18BrFN2O/c1-16-4-6-17(7-5-16)8-9-18-11-2-3-13(15)12(14)10-11/h2-3,10H,4-9H2,1H3. The van der Waals surface area contributed by atoms with Crippen LogP contribution in [0, 0.1) is 5.82 Å². The Bertz CT molecular complexity index is 395. The highest BCUT2D eigenvalue weighted by Gasteiger charge is 2.13. The maximum absolute atomic E-state index is 13.0. The topological polar surface area (TPSA) is 15.7 Å². The van der Waals surface area contributed by atoms with E-state index >= 15 is 0 Å². The van der Waals surface area contributed by atoms with Gasteiger partial charge in [-0.1, -0.05) is 0 Å². The third-order valence-electron chi connectivity index (χ3n) is 3.16. The summed E-state index contributed by atoms with van der Waals surface area (Å²) >= 11 is 3.15. The summed E-state index contributed by atoms with van der Waals surface area (Å²) in [6, 6.07) is 4.73. The van der Waals surface area contributed by atoms with E-state index in [-0.39, 0.29) is 5.82 Å². The molecule has 0 aromatic heterocycles. The zero-order valence-electron chi connectivity index (χ0n) is 10.5. The van der Waals surface area contributed by atoms with E-state index < -0.39 is 0 Å². The molecule has 0 atom stereocenters. The van der Waals surface area contributed by atoms with Crippen LogP contribution >= 0.6 is 15.9 Å². The first-order chi connectivity index (χ1) is 8.65. The molecule has 1 fully saturated rings. The molecule has 1 heterocycles. The summed E-state index contributed by atoms with van der Waals surface area (Å²) in [5.41, 5.74) is 0. The lowest BCUT2D eigenvalue weighted by Crippen LogP contribution is -2.45. The molecule has 1 aromatic rings. The van der Waals surface area contributed by atoms with Crippen LogP contribution in [-0.4, -0.2) is 56.2 Å². The largest absolute Gasteiger partial charge is 0.492 e. The maximum atomic E-state index is 13.0. The van der Waals surface area contributed by atoms with Gasteiger partial charge in [-0.2, -0.15) is 0 Å². The molecule has 0 N–H and O–H groups in total. The molecule has 3 nitrogen and oxygen atoms in total. The van der Waals surface area contributed by atoms with E-state index in [2.05, 4.69) is 32.8 Å². The zero-order valence-corrected chi connectivity index (χ0v) is 12.1. The Morgan fingerprint density at radius 2 is 2.00 bits per heavy atom. The van der Waals surface area contributed by atoms with Gasteiger partial charge in [0.2, 0.25) is 0 Å². The Labute approximate surface area is 116 Å². The van der Waals surface area contributed by atoms with Crippen molar-refractivity contribution in [1.82, 2.24) is 9.80 Å². The van der Waals surface area contributed by atoms with Gasteiger partial charge in [-0.3, -0.25) is 4.90 Å². The van der Waals surface area contributed by atoms with Gasteiger partial charge in [0, 0.05) is 32.7 Å². The van der Waals surface area contributed by atoms with Gasteiger partial charge in [-0.05, 0) is 41.2 Å². The van der Waals surface area contributed by atoms with Gasteiger partial charge in [-0.15, -0.1) is 0 Å². The van der Waals surface area contributed by atoms with E-state index in [1.807, 2.05) is 0 Å². The van der Waals surface area contributed by atoms with Crippen molar-refractivity contribution in [3.05, 3.63) is 28.5 Å². The number of likely N-dealkylation sites (N-methyl/N-ethyl adjacent to an activating group) is 1. The summed E-state index contributed by atoms with van der Waals surface area (Å²) in [7, 11) is 2.14. The van der Waals surface area contributed by atoms with E-state index in [9.17, 15) is 4.39 Å². The fourth-order valence-electron chi connectivity index (χ4n) is 1.93. The second kappa shape index (κ2) is 6.50. The quantitative estimate of drug-likeness (QED) is 0.847. The lowest BCUT2D eigenvalue weighted by atomic mass is 10.3. The van der Waals surface area contributed by atoms with Crippen LogP contribution in [0.2, 0.25) is 0 Å². The molecule has 2 rings (SSSR count). The van der Waals surface area contributed by atoms with Gasteiger partial charge in [-0.25, -0.2) is 4.39 Å². The lowest BCUT2D eigenvalue weighted by Gasteiger charge is -2.32. The Hall–Kier alpha value is -0.650. The first kappa shape index (κ1) is 13.8. The van der Waals surface area contributed by atoms with Crippen molar-refractivity contribution in [2.45, 2.75) is 0 Å². The maximum Gasteiger partial charge on any atom is 0.137 e. The second-order valence-corrected chi connectivity index (χ2v) is 5.42. The number of rotatable bonds is 4. The molecule has 1 aliphatic heterocycles. The highest BCUT2D eigenvalue weighted by Crippen LogP contribution is 2.21. The zero-order chi connectivity index (χ0) is 13.0. The van der Waals surface area contributed by atoms with Crippen molar-refractivity contribution >= 4 is 15.9 Å². The van der Waals surface area contributed by atoms with Crippen molar-refractivity contribution in [1.29, 1.82) is 0 Å². The van der Waals surface area contributed by atoms with Gasteiger partial charge < -0.3 is 9.64 Å². The molecule has 1 aromatic carbocycles. The molecule has 0 spiro atoms. The van der Waals surface area contributed by atoms with Crippen LogP contribution in [0.5, 0.6) is 5.75 Å². The monoisotopic (exact) mass is 316 g/mol. The van der Waals surface area contributed by atoms with E-state index in [0.29, 0.717) is 16.8 Å². The molecule has 100 valence electrons. The van der Waals surface area contributed by atoms with Crippen molar-refractivity contribution < 1.29 is 9.13 Å². The van der Waals surface area contributed by atoms with Gasteiger partial charge in [0.1, 0.15) is 18.2 Å². The van der Waals surface area contributed by atoms with E-state index in [1.54, 1.807) is 12.1 Å². The summed E-state index contributed by atoms with van der Waals surface area (Å²) in [5, 5.41) is 0. The normalized spacial score (nSPS) is 17.9. The predicted molar refractivity (Wildman–Crippen MR) is 73.5 cm³/mol. The molecule has 0 amide bonds. The summed E-state index contributed by atoms with van der Waals surface area (Å²) in [6.45, 7) is 5.97. The van der Waals surface area contributed by atoms with Crippen LogP contribution in [-0.2, 0) is 0 Å². The average Bonchev–Trinajstić information content (AvgIpc) is 2.36. The third-order valence-corrected chi connectivity index (χ3v) is 3.77. The smallest absolute Gasteiger partial charge is 0.137 e. The highest BCUT2D eigenvalue weighted by atomic mass is 79.9. The molecule has 0 saturated carbocycles. The minimum absolute atomic E-state index is 0.263. The molecule has 1 saturated heterocycles. The number of hydrogen-bond donors (Lipinski definition) is 0. The number of piperazine rings is 1. The van der Waals surface area contributed by atoms with Crippen LogP contribution in [0.4, 0.5) is 4.39 Å². The Balaban J connectivity index is 1.73. The molecule has 0 unspecified atom stereocenters. The first-order valence-corrected chi connectivity index (χ1v) is 6.93. The molecule has 1 aliphatic rings. The number of benzene rings is 1. The van der Waals surface area contributed by atoms with Gasteiger partial charge >= 0.3 is 0 Å². The van der Waals surface area contributed by atoms with Crippen LogP contribution in [0.1, 0.15) is 0 Å². The molecule has 0 radical (unpaired) electrons. The summed E-state index contributed by atoms with van der Waals surface area (Å²) in [4.78, 5) is 4.72. The Kier molecular flexibility index (Phi) is 4.97. The van der Waals surface area contributed by atoms with Crippen molar-refractivity contribution in [3.8, 4) is 5.75 Å². The van der Waals surface area contributed by atoms with Gasteiger partial charge in [0.25, 0.3) is 0 Å². The average molecular weight is 317 g/mol. The predicted octanol–water partition coefficient (Wildman–Crippen LogP) is 2.21. The third kappa shape index (κ3) is 3.93. The number of nitrogens with zero attached hydrogens (tertiary/aromatic N) is 2. The van der Waals surface area contributed by atoms with Crippen LogP contribution in [0.15, 0.2) is 22.7 Å². The van der Waals surface area contributed by atoms with E-state index in [0.717, 1.165) is 32.7 Å². The number of hydrogen-bond acceptors (Lipinski definition) is 3. The minimum atomic E-state index is -0.263. The van der Waals surface area contributed by atoms with Crippen molar-refractivity contribution in [2.24, 2.45) is 0 Å². The highest BCUT2D eigenvalue weighted by molar-refractivity contribution is 9.10. The minimum Gasteiger partial charge on any atom is -0.492 e. The molecule has 0 bridgehead atoms. The van der Waals surface area contributed by atoms with Crippen LogP contribution in [0.3, 0.4) is 0 Å². The Morgan fingerprint density at radius 3 is 2.67 bits per heavy atom.